The van der Waals surface area contributed by atoms with Gasteiger partial charge in [0, 0.05) is 22.5 Å². The summed E-state index contributed by atoms with van der Waals surface area (Å²) in [6.45, 7) is 5.99. The van der Waals surface area contributed by atoms with Crippen LogP contribution in [-0.2, 0) is 15.0 Å². The fourth-order valence-corrected chi connectivity index (χ4v) is 6.21. The minimum Gasteiger partial charge on any atom is -0.495 e. The summed E-state index contributed by atoms with van der Waals surface area (Å²) in [6, 6.07) is 13.5. The van der Waals surface area contributed by atoms with E-state index in [1.54, 1.807) is 30.3 Å². The summed E-state index contributed by atoms with van der Waals surface area (Å²) in [6.07, 6.45) is 0.400. The van der Waals surface area contributed by atoms with Crippen LogP contribution in [0, 0.1) is 11.2 Å². The monoisotopic (exact) mass is 614 g/mol. The lowest BCUT2D eigenvalue weighted by atomic mass is 9.61. The largest absolute Gasteiger partial charge is 0.495 e. The fraction of sp³-hybridized carbons (Fsp3) is 0.323. The topological polar surface area (TPSA) is 137 Å². The highest BCUT2D eigenvalue weighted by Gasteiger charge is 2.63. The molecule has 6 N–H and O–H groups in total. The Hall–Kier alpha value is -3.66. The molecule has 0 spiro atoms. The van der Waals surface area contributed by atoms with E-state index >= 15 is 4.39 Å². The number of carbonyl (C=O) groups excluding carboxylic acids is 3. The highest BCUT2D eigenvalue weighted by atomic mass is 35.5. The molecule has 4 atom stereocenters. The van der Waals surface area contributed by atoms with Gasteiger partial charge in [0.1, 0.15) is 11.6 Å². The normalized spacial score (nSPS) is 22.0. The molecule has 222 valence electrons. The van der Waals surface area contributed by atoms with Gasteiger partial charge in [-0.2, -0.15) is 0 Å². The zero-order valence-electron chi connectivity index (χ0n) is 23.6. The van der Waals surface area contributed by atoms with E-state index in [1.807, 2.05) is 20.8 Å². The first-order valence-electron chi connectivity index (χ1n) is 13.2. The van der Waals surface area contributed by atoms with Crippen LogP contribution >= 0.6 is 23.2 Å². The van der Waals surface area contributed by atoms with Crippen molar-refractivity contribution in [1.29, 1.82) is 0 Å². The van der Waals surface area contributed by atoms with Crippen LogP contribution < -0.4 is 26.8 Å². The van der Waals surface area contributed by atoms with Gasteiger partial charge in [0.05, 0.1) is 29.3 Å². The van der Waals surface area contributed by atoms with Gasteiger partial charge < -0.3 is 26.8 Å². The molecule has 42 heavy (non-hydrogen) atoms. The molecule has 4 rings (SSSR count). The maximum absolute atomic E-state index is 15.9. The summed E-state index contributed by atoms with van der Waals surface area (Å²) in [4.78, 5) is 39.6. The van der Waals surface area contributed by atoms with Crippen LogP contribution in [0.2, 0.25) is 10.0 Å². The number of rotatable bonds is 8. The van der Waals surface area contributed by atoms with Gasteiger partial charge in [-0.1, -0.05) is 68.2 Å². The highest BCUT2D eigenvalue weighted by Crippen LogP contribution is 2.52. The number of primary amides is 2. The Labute approximate surface area is 253 Å². The van der Waals surface area contributed by atoms with Crippen LogP contribution in [0.4, 0.5) is 10.1 Å². The zero-order chi connectivity index (χ0) is 31.0. The van der Waals surface area contributed by atoms with Gasteiger partial charge in [0.2, 0.25) is 17.7 Å². The van der Waals surface area contributed by atoms with Crippen LogP contribution in [-0.4, -0.2) is 36.9 Å². The molecule has 3 amide bonds. The Morgan fingerprint density at radius 2 is 1.71 bits per heavy atom. The molecule has 4 unspecified atom stereocenters. The molecule has 1 saturated heterocycles. The van der Waals surface area contributed by atoms with Crippen molar-refractivity contribution in [3.05, 3.63) is 93.2 Å². The fourth-order valence-electron chi connectivity index (χ4n) is 5.90. The van der Waals surface area contributed by atoms with Crippen LogP contribution in [0.5, 0.6) is 5.75 Å². The lowest BCUT2D eigenvalue weighted by Gasteiger charge is -2.40. The number of hydrogen-bond acceptors (Lipinski definition) is 5. The molecule has 1 fully saturated rings. The lowest BCUT2D eigenvalue weighted by Crippen LogP contribution is -2.54. The van der Waals surface area contributed by atoms with Crippen molar-refractivity contribution in [3.8, 4) is 5.75 Å². The summed E-state index contributed by atoms with van der Waals surface area (Å²) >= 11 is 12.4. The number of ether oxygens (including phenoxy) is 1. The molecular weight excluding hydrogens is 582 g/mol. The Bertz CT molecular complexity index is 1530. The van der Waals surface area contributed by atoms with E-state index in [-0.39, 0.29) is 33.0 Å². The second-order valence-corrected chi connectivity index (χ2v) is 12.4. The lowest BCUT2D eigenvalue weighted by molar-refractivity contribution is -0.125. The third-order valence-corrected chi connectivity index (χ3v) is 8.19. The van der Waals surface area contributed by atoms with Crippen LogP contribution in [0.1, 0.15) is 54.6 Å². The van der Waals surface area contributed by atoms with Crippen molar-refractivity contribution in [3.63, 3.8) is 0 Å². The van der Waals surface area contributed by atoms with E-state index in [1.165, 1.54) is 37.4 Å². The third kappa shape index (κ3) is 5.82. The summed E-state index contributed by atoms with van der Waals surface area (Å²) in [5.74, 6) is -3.69. The first-order valence-corrected chi connectivity index (χ1v) is 14.0. The zero-order valence-corrected chi connectivity index (χ0v) is 25.1. The van der Waals surface area contributed by atoms with E-state index in [0.717, 1.165) is 0 Å². The van der Waals surface area contributed by atoms with E-state index in [0.29, 0.717) is 17.0 Å². The first kappa shape index (κ1) is 31.3. The van der Waals surface area contributed by atoms with Crippen molar-refractivity contribution < 1.29 is 23.5 Å². The molecule has 0 saturated carbocycles. The number of amides is 3. The molecule has 1 aliphatic rings. The van der Waals surface area contributed by atoms with E-state index in [4.69, 9.17) is 39.4 Å². The van der Waals surface area contributed by atoms with Crippen molar-refractivity contribution in [2.45, 2.75) is 50.6 Å². The Kier molecular flexibility index (Phi) is 8.87. The van der Waals surface area contributed by atoms with Gasteiger partial charge >= 0.3 is 0 Å². The molecule has 8 nitrogen and oxygen atoms in total. The standard InChI is InChI=1S/C31H33Cl2FN4O4/c1-30(2,3)15-23-31(29(36)41,17-9-11-18(32)12-10-17)24(19-6-5-7-20(33)25(19)34)26(38-23)28(40)37-21-13-8-16(27(35)39)14-22(21)42-4/h5-14,23-24,26,38H,15H2,1-4H3,(H2,35,39)(H2,36,41)(H,37,40). The quantitative estimate of drug-likeness (QED) is 0.278. The first-order chi connectivity index (χ1) is 19.7. The number of nitrogens with one attached hydrogen (secondary N) is 2. The number of benzene rings is 3. The van der Waals surface area contributed by atoms with Crippen molar-refractivity contribution in [2.75, 3.05) is 12.4 Å². The van der Waals surface area contributed by atoms with E-state index in [2.05, 4.69) is 10.6 Å². The summed E-state index contributed by atoms with van der Waals surface area (Å²) < 4.78 is 21.3. The van der Waals surface area contributed by atoms with Crippen molar-refractivity contribution in [1.82, 2.24) is 5.32 Å². The number of anilines is 1. The second-order valence-electron chi connectivity index (χ2n) is 11.6. The second kappa shape index (κ2) is 11.9. The third-order valence-electron chi connectivity index (χ3n) is 7.64. The molecule has 3 aromatic rings. The summed E-state index contributed by atoms with van der Waals surface area (Å²) in [7, 11) is 1.38. The van der Waals surface area contributed by atoms with Gasteiger partial charge in [-0.05, 0) is 59.4 Å². The van der Waals surface area contributed by atoms with Crippen LogP contribution in [0.15, 0.2) is 60.7 Å². The van der Waals surface area contributed by atoms with E-state index in [9.17, 15) is 14.4 Å². The average Bonchev–Trinajstić information content (AvgIpc) is 3.24. The number of halogens is 3. The summed E-state index contributed by atoms with van der Waals surface area (Å²) in [5.41, 5.74) is 10.7. The summed E-state index contributed by atoms with van der Waals surface area (Å²) in [5, 5.41) is 6.43. The molecule has 3 aromatic carbocycles. The maximum Gasteiger partial charge on any atom is 0.248 e. The number of nitrogens with two attached hydrogens (primary N) is 2. The molecule has 11 heteroatoms. The Morgan fingerprint density at radius 1 is 1.05 bits per heavy atom. The smallest absolute Gasteiger partial charge is 0.248 e. The van der Waals surface area contributed by atoms with Crippen molar-refractivity contribution >= 4 is 46.6 Å². The molecule has 0 radical (unpaired) electrons. The highest BCUT2D eigenvalue weighted by molar-refractivity contribution is 6.31. The number of carbonyl (C=O) groups is 3. The number of methoxy groups -OCH3 is 1. The molecular formula is C31H33Cl2FN4O4. The Morgan fingerprint density at radius 3 is 2.29 bits per heavy atom. The van der Waals surface area contributed by atoms with Gasteiger partial charge in [0.15, 0.2) is 0 Å². The Balaban J connectivity index is 1.95. The minimum atomic E-state index is -1.59. The maximum atomic E-state index is 15.9. The van der Waals surface area contributed by atoms with Crippen LogP contribution in [0.25, 0.3) is 0 Å². The van der Waals surface area contributed by atoms with Crippen LogP contribution in [0.3, 0.4) is 0 Å². The molecule has 0 bridgehead atoms. The van der Waals surface area contributed by atoms with E-state index < -0.39 is 47.0 Å². The van der Waals surface area contributed by atoms with Gasteiger partial charge in [-0.25, -0.2) is 4.39 Å². The SMILES string of the molecule is COc1cc(C(N)=O)ccc1NC(=O)C1NC(CC(C)(C)C)C(C(N)=O)(c2ccc(Cl)cc2)C1c1cccc(Cl)c1F. The average molecular weight is 616 g/mol. The minimum absolute atomic E-state index is 0.0522. The van der Waals surface area contributed by atoms with Crippen molar-refractivity contribution in [2.24, 2.45) is 16.9 Å². The molecule has 1 aliphatic heterocycles. The van der Waals surface area contributed by atoms with Gasteiger partial charge in [0.25, 0.3) is 0 Å². The van der Waals surface area contributed by atoms with Gasteiger partial charge in [-0.15, -0.1) is 0 Å². The predicted octanol–water partition coefficient (Wildman–Crippen LogP) is 5.16. The molecule has 0 aromatic heterocycles. The predicted molar refractivity (Wildman–Crippen MR) is 161 cm³/mol. The van der Waals surface area contributed by atoms with Gasteiger partial charge in [-0.3, -0.25) is 14.4 Å². The molecule has 1 heterocycles. The number of hydrogen-bond donors (Lipinski definition) is 4. The molecule has 0 aliphatic carbocycles.